The third-order valence-electron chi connectivity index (χ3n) is 4.00. The first-order valence-electron chi connectivity index (χ1n) is 8.37. The van der Waals surface area contributed by atoms with Crippen molar-refractivity contribution in [3.8, 4) is 0 Å². The predicted molar refractivity (Wildman–Crippen MR) is 95.7 cm³/mol. The van der Waals surface area contributed by atoms with Crippen molar-refractivity contribution in [3.05, 3.63) is 58.4 Å². The van der Waals surface area contributed by atoms with Crippen molar-refractivity contribution in [2.24, 2.45) is 0 Å². The number of hydrogen-bond donors (Lipinski definition) is 1. The van der Waals surface area contributed by atoms with E-state index in [9.17, 15) is 22.4 Å². The fourth-order valence-corrected chi connectivity index (χ4v) is 2.77. The minimum Gasteiger partial charge on any atom is -0.293 e. The van der Waals surface area contributed by atoms with Crippen molar-refractivity contribution in [3.63, 3.8) is 0 Å². The minimum atomic E-state index is -4.67. The number of aromatic nitrogens is 5. The van der Waals surface area contributed by atoms with Gasteiger partial charge >= 0.3 is 6.18 Å². The Labute approximate surface area is 167 Å². The van der Waals surface area contributed by atoms with Crippen LogP contribution in [0.1, 0.15) is 23.4 Å². The zero-order valence-corrected chi connectivity index (χ0v) is 15.8. The Balaban J connectivity index is 1.56. The van der Waals surface area contributed by atoms with E-state index >= 15 is 0 Å². The van der Waals surface area contributed by atoms with E-state index in [-0.39, 0.29) is 30.4 Å². The third-order valence-corrected chi connectivity index (χ3v) is 4.45. The molecule has 3 aromatic rings. The fourth-order valence-electron chi connectivity index (χ4n) is 2.52. The molecule has 3 rings (SSSR count). The fraction of sp³-hybridized carbons (Fsp3) is 0.294. The van der Waals surface area contributed by atoms with Crippen LogP contribution >= 0.6 is 11.6 Å². The number of nitrogens with one attached hydrogen (secondary N) is 1. The number of halogens is 5. The van der Waals surface area contributed by atoms with Crippen LogP contribution in [0, 0.1) is 12.7 Å². The third kappa shape index (κ3) is 5.11. The largest absolute Gasteiger partial charge is 0.436 e. The highest BCUT2D eigenvalue weighted by atomic mass is 35.5. The van der Waals surface area contributed by atoms with Gasteiger partial charge in [-0.3, -0.25) is 14.8 Å². The van der Waals surface area contributed by atoms with Gasteiger partial charge in [-0.1, -0.05) is 23.7 Å². The molecule has 2 heterocycles. The smallest absolute Gasteiger partial charge is 0.293 e. The summed E-state index contributed by atoms with van der Waals surface area (Å²) >= 11 is 5.67. The highest BCUT2D eigenvalue weighted by Crippen LogP contribution is 2.35. The van der Waals surface area contributed by atoms with Gasteiger partial charge in [0, 0.05) is 6.42 Å². The number of rotatable bonds is 6. The van der Waals surface area contributed by atoms with Gasteiger partial charge in [0.2, 0.25) is 11.9 Å². The molecular formula is C17H15ClF4N6O. The van der Waals surface area contributed by atoms with Gasteiger partial charge in [0.25, 0.3) is 0 Å². The van der Waals surface area contributed by atoms with Gasteiger partial charge in [0.05, 0.1) is 23.8 Å². The first-order chi connectivity index (χ1) is 13.6. The Morgan fingerprint density at radius 3 is 2.52 bits per heavy atom. The Morgan fingerprint density at radius 2 is 1.90 bits per heavy atom. The lowest BCUT2D eigenvalue weighted by Crippen LogP contribution is -2.17. The molecular weight excluding hydrogens is 416 g/mol. The van der Waals surface area contributed by atoms with Gasteiger partial charge in [0.15, 0.2) is 5.69 Å². The summed E-state index contributed by atoms with van der Waals surface area (Å²) in [5, 5.41) is 9.49. The lowest BCUT2D eigenvalue weighted by atomic mass is 10.2. The molecule has 0 saturated carbocycles. The van der Waals surface area contributed by atoms with Crippen LogP contribution in [0.15, 0.2) is 30.6 Å². The van der Waals surface area contributed by atoms with Gasteiger partial charge in [0.1, 0.15) is 12.1 Å². The lowest BCUT2D eigenvalue weighted by molar-refractivity contribution is -0.141. The molecule has 1 N–H and O–H groups in total. The second-order valence-electron chi connectivity index (χ2n) is 6.16. The molecule has 0 unspecified atom stereocenters. The standard InChI is InChI=1S/C17H15ClF4N6O/c1-10-14(18)15(17(20,21)22)25-28(10)7-6-13(29)24-16-23-9-27(26-16)8-11-2-4-12(19)5-3-11/h2-5,9H,6-8H2,1H3,(H,24,26,29). The molecule has 0 aliphatic heterocycles. The van der Waals surface area contributed by atoms with Gasteiger partial charge in [-0.2, -0.15) is 18.3 Å². The molecule has 0 atom stereocenters. The number of amides is 1. The Kier molecular flexibility index (Phi) is 5.87. The average molecular weight is 431 g/mol. The van der Waals surface area contributed by atoms with E-state index < -0.39 is 22.8 Å². The molecule has 0 saturated heterocycles. The normalized spacial score (nSPS) is 11.7. The molecule has 154 valence electrons. The molecule has 0 fully saturated rings. The summed E-state index contributed by atoms with van der Waals surface area (Å²) in [6, 6.07) is 5.84. The van der Waals surface area contributed by atoms with Crippen molar-refractivity contribution < 1.29 is 22.4 Å². The van der Waals surface area contributed by atoms with Crippen molar-refractivity contribution in [1.82, 2.24) is 24.5 Å². The van der Waals surface area contributed by atoms with Crippen molar-refractivity contribution in [1.29, 1.82) is 0 Å². The molecule has 0 bridgehead atoms. The van der Waals surface area contributed by atoms with Crippen LogP contribution in [0.3, 0.4) is 0 Å². The lowest BCUT2D eigenvalue weighted by Gasteiger charge is -2.04. The number of nitrogens with zero attached hydrogens (tertiary/aromatic N) is 5. The van der Waals surface area contributed by atoms with Crippen molar-refractivity contribution in [2.45, 2.75) is 32.6 Å². The molecule has 12 heteroatoms. The van der Waals surface area contributed by atoms with Gasteiger partial charge in [-0.25, -0.2) is 14.1 Å². The number of hydrogen-bond acceptors (Lipinski definition) is 4. The second kappa shape index (κ2) is 8.19. The molecule has 0 spiro atoms. The number of alkyl halides is 3. The number of anilines is 1. The quantitative estimate of drug-likeness (QED) is 0.605. The Bertz CT molecular complexity index is 1010. The summed E-state index contributed by atoms with van der Waals surface area (Å²) < 4.78 is 53.9. The van der Waals surface area contributed by atoms with Crippen LogP contribution in [-0.2, 0) is 24.1 Å². The summed E-state index contributed by atoms with van der Waals surface area (Å²) in [6.45, 7) is 1.62. The van der Waals surface area contributed by atoms with E-state index in [2.05, 4.69) is 20.5 Å². The van der Waals surface area contributed by atoms with Crippen LogP contribution in [0.4, 0.5) is 23.5 Å². The number of carbonyl (C=O) groups is 1. The number of aryl methyl sites for hydroxylation is 1. The summed E-state index contributed by atoms with van der Waals surface area (Å²) in [7, 11) is 0. The highest BCUT2D eigenvalue weighted by molar-refractivity contribution is 6.31. The maximum atomic E-state index is 12.9. The molecule has 1 aromatic carbocycles. The Morgan fingerprint density at radius 1 is 1.21 bits per heavy atom. The SMILES string of the molecule is Cc1c(Cl)c(C(F)(F)F)nn1CCC(=O)Nc1ncn(Cc2ccc(F)cc2)n1. The maximum Gasteiger partial charge on any atom is 0.436 e. The van der Waals surface area contributed by atoms with E-state index in [1.165, 1.54) is 30.1 Å². The first kappa shape index (κ1) is 20.8. The summed E-state index contributed by atoms with van der Waals surface area (Å²) in [6.07, 6.45) is -3.43. The molecule has 0 aliphatic rings. The molecule has 29 heavy (non-hydrogen) atoms. The average Bonchev–Trinajstić information content (AvgIpc) is 3.20. The molecule has 7 nitrogen and oxygen atoms in total. The molecule has 0 aliphatic carbocycles. The van der Waals surface area contributed by atoms with Crippen LogP contribution in [0.25, 0.3) is 0 Å². The van der Waals surface area contributed by atoms with Crippen molar-refractivity contribution >= 4 is 23.5 Å². The van der Waals surface area contributed by atoms with Gasteiger partial charge in [-0.15, -0.1) is 5.10 Å². The van der Waals surface area contributed by atoms with E-state index in [0.717, 1.165) is 10.2 Å². The first-order valence-corrected chi connectivity index (χ1v) is 8.75. The number of carbonyl (C=O) groups excluding carboxylic acids is 1. The van der Waals surface area contributed by atoms with E-state index in [4.69, 9.17) is 11.6 Å². The zero-order valence-electron chi connectivity index (χ0n) is 15.0. The van der Waals surface area contributed by atoms with Crippen LogP contribution in [0.5, 0.6) is 0 Å². The van der Waals surface area contributed by atoms with Crippen LogP contribution in [-0.4, -0.2) is 30.5 Å². The Hall–Kier alpha value is -2.95. The summed E-state index contributed by atoms with van der Waals surface area (Å²) in [5.74, 6) is -0.802. The number of benzene rings is 1. The van der Waals surface area contributed by atoms with Gasteiger partial charge < -0.3 is 0 Å². The zero-order chi connectivity index (χ0) is 21.2. The summed E-state index contributed by atoms with van der Waals surface area (Å²) in [5.41, 5.74) is -0.271. The minimum absolute atomic E-state index is 0.0447. The topological polar surface area (TPSA) is 77.6 Å². The van der Waals surface area contributed by atoms with Gasteiger partial charge in [-0.05, 0) is 24.6 Å². The second-order valence-corrected chi connectivity index (χ2v) is 6.54. The summed E-state index contributed by atoms with van der Waals surface area (Å²) in [4.78, 5) is 16.0. The highest BCUT2D eigenvalue weighted by Gasteiger charge is 2.38. The van der Waals surface area contributed by atoms with E-state index in [1.54, 1.807) is 12.1 Å². The van der Waals surface area contributed by atoms with Crippen LogP contribution < -0.4 is 5.32 Å². The van der Waals surface area contributed by atoms with Crippen LogP contribution in [0.2, 0.25) is 5.02 Å². The molecule has 2 aromatic heterocycles. The maximum absolute atomic E-state index is 12.9. The predicted octanol–water partition coefficient (Wildman–Crippen LogP) is 3.67. The van der Waals surface area contributed by atoms with E-state index in [1.807, 2.05) is 0 Å². The van der Waals surface area contributed by atoms with E-state index in [0.29, 0.717) is 6.54 Å². The monoisotopic (exact) mass is 430 g/mol. The van der Waals surface area contributed by atoms with Crippen molar-refractivity contribution in [2.75, 3.05) is 5.32 Å². The molecule has 0 radical (unpaired) electrons. The molecule has 1 amide bonds.